The monoisotopic (exact) mass is 1030 g/mol. The van der Waals surface area contributed by atoms with E-state index in [1.165, 1.54) is 35.0 Å². The fourth-order valence-electron chi connectivity index (χ4n) is 9.39. The van der Waals surface area contributed by atoms with Crippen LogP contribution in [-0.2, 0) is 27.2 Å². The molecule has 3 aromatic heterocycles. The SMILES string of the molecule is CC(O)Cc1cn([C@@H](CCCCN)C(=O)N2CCN(c3nc(Nc4ccc(-c5c6ccc(=O)cc-6oc6cc(O)ccc56)c(C(=O)O)c4)nc(N4CCN(C(=O)[C@H](C)n5cc(CCC(=O)O)nn5)CC4)n3)CC2)nn1. The molecule has 4 aliphatic rings. The molecule has 75 heavy (non-hydrogen) atoms. The zero-order chi connectivity index (χ0) is 52.9. The first-order chi connectivity index (χ1) is 36.1. The zero-order valence-corrected chi connectivity index (χ0v) is 41.3. The highest BCUT2D eigenvalue weighted by atomic mass is 16.4. The van der Waals surface area contributed by atoms with Crippen LogP contribution in [0.4, 0.5) is 23.5 Å². The minimum atomic E-state index is -1.24. The third-order valence-corrected chi connectivity index (χ3v) is 13.3. The zero-order valence-electron chi connectivity index (χ0n) is 41.3. The van der Waals surface area contributed by atoms with Crippen LogP contribution in [0.2, 0.25) is 0 Å². The largest absolute Gasteiger partial charge is 0.508 e. The Labute approximate surface area is 428 Å². The van der Waals surface area contributed by atoms with Crippen LogP contribution >= 0.6 is 0 Å². The van der Waals surface area contributed by atoms with Gasteiger partial charge in [-0.3, -0.25) is 19.2 Å². The summed E-state index contributed by atoms with van der Waals surface area (Å²) in [6, 6.07) is 12.2. The molecule has 7 N–H and O–H groups in total. The summed E-state index contributed by atoms with van der Waals surface area (Å²) in [7, 11) is 0. The molecule has 392 valence electrons. The number of unbranched alkanes of at least 4 members (excludes halogenated alkanes) is 1. The molecule has 0 radical (unpaired) electrons. The Morgan fingerprint density at radius 3 is 2.08 bits per heavy atom. The van der Waals surface area contributed by atoms with Gasteiger partial charge in [0, 0.05) is 112 Å². The number of phenols is 1. The van der Waals surface area contributed by atoms with E-state index in [2.05, 4.69) is 25.9 Å². The lowest BCUT2D eigenvalue weighted by Gasteiger charge is -2.38. The molecule has 6 heterocycles. The molecule has 25 nitrogen and oxygen atoms in total. The summed E-state index contributed by atoms with van der Waals surface area (Å²) in [6.45, 7) is 6.50. The second-order valence-electron chi connectivity index (χ2n) is 18.7. The number of aryl methyl sites for hydroxylation is 1. The number of aliphatic hydroxyl groups excluding tert-OH is 1. The molecule has 1 aliphatic carbocycles. The van der Waals surface area contributed by atoms with E-state index in [4.69, 9.17) is 30.2 Å². The van der Waals surface area contributed by atoms with Crippen molar-refractivity contribution >= 4 is 58.3 Å². The van der Waals surface area contributed by atoms with Crippen LogP contribution in [0.1, 0.15) is 73.4 Å². The predicted octanol–water partition coefficient (Wildman–Crippen LogP) is 2.95. The molecule has 0 bridgehead atoms. The minimum Gasteiger partial charge on any atom is -0.508 e. The van der Waals surface area contributed by atoms with Crippen molar-refractivity contribution in [3.05, 3.63) is 94.2 Å². The number of aliphatic carboxylic acids is 1. The van der Waals surface area contributed by atoms with Gasteiger partial charge in [-0.15, -0.1) is 10.2 Å². The van der Waals surface area contributed by atoms with E-state index in [1.807, 2.05) is 9.80 Å². The van der Waals surface area contributed by atoms with Crippen LogP contribution < -0.4 is 26.3 Å². The van der Waals surface area contributed by atoms with Crippen molar-refractivity contribution in [3.8, 4) is 28.2 Å². The third-order valence-electron chi connectivity index (χ3n) is 13.3. The number of carboxylic acids is 2. The lowest BCUT2D eigenvalue weighted by atomic mass is 9.90. The lowest BCUT2D eigenvalue weighted by Crippen LogP contribution is -2.52. The van der Waals surface area contributed by atoms with E-state index >= 15 is 0 Å². The summed E-state index contributed by atoms with van der Waals surface area (Å²) < 4.78 is 9.00. The Morgan fingerprint density at radius 1 is 0.760 bits per heavy atom. The highest BCUT2D eigenvalue weighted by Crippen LogP contribution is 2.42. The molecule has 2 aromatic carbocycles. The van der Waals surface area contributed by atoms with Crippen molar-refractivity contribution in [3.63, 3.8) is 0 Å². The Bertz CT molecular complexity index is 3250. The molecule has 9 rings (SSSR count). The van der Waals surface area contributed by atoms with Crippen LogP contribution in [0.25, 0.3) is 33.4 Å². The van der Waals surface area contributed by atoms with Gasteiger partial charge in [-0.1, -0.05) is 16.5 Å². The molecule has 2 saturated heterocycles. The van der Waals surface area contributed by atoms with Crippen molar-refractivity contribution < 1.29 is 44.0 Å². The molecule has 5 aromatic rings. The predicted molar refractivity (Wildman–Crippen MR) is 272 cm³/mol. The molecule has 1 unspecified atom stereocenters. The number of aromatic carboxylic acids is 1. The number of carbonyl (C=O) groups is 4. The number of amides is 2. The molecule has 2 fully saturated rings. The number of carbonyl (C=O) groups excluding carboxylic acids is 2. The maximum Gasteiger partial charge on any atom is 0.336 e. The average Bonchev–Trinajstić information content (AvgIpc) is 4.08. The summed E-state index contributed by atoms with van der Waals surface area (Å²) in [5.74, 6) is -1.70. The third kappa shape index (κ3) is 11.6. The highest BCUT2D eigenvalue weighted by Gasteiger charge is 2.33. The van der Waals surface area contributed by atoms with Gasteiger partial charge in [0.1, 0.15) is 29.2 Å². The average molecular weight is 1030 g/mol. The molecule has 0 spiro atoms. The number of anilines is 4. The maximum atomic E-state index is 14.2. The van der Waals surface area contributed by atoms with E-state index in [9.17, 15) is 39.3 Å². The van der Waals surface area contributed by atoms with Crippen LogP contribution in [0.5, 0.6) is 5.75 Å². The number of aromatic nitrogens is 9. The Hall–Kier alpha value is -8.58. The quantitative estimate of drug-likeness (QED) is 0.0501. The number of hydrogen-bond donors (Lipinski definition) is 6. The fourth-order valence-corrected chi connectivity index (χ4v) is 9.39. The molecular formula is C50H57N15O10. The van der Waals surface area contributed by atoms with Gasteiger partial charge in [-0.05, 0) is 81.6 Å². The number of fused-ring (bicyclic) bond motifs is 2. The number of benzene rings is 3. The van der Waals surface area contributed by atoms with Gasteiger partial charge < -0.3 is 55.5 Å². The Morgan fingerprint density at radius 2 is 1.41 bits per heavy atom. The van der Waals surface area contributed by atoms with Crippen molar-refractivity contribution in [2.24, 2.45) is 5.73 Å². The second kappa shape index (κ2) is 22.3. The molecule has 25 heteroatoms. The first kappa shape index (κ1) is 51.3. The molecule has 2 amide bonds. The van der Waals surface area contributed by atoms with E-state index in [0.717, 1.165) is 6.42 Å². The van der Waals surface area contributed by atoms with Crippen LogP contribution in [0.3, 0.4) is 0 Å². The van der Waals surface area contributed by atoms with Gasteiger partial charge in [-0.25, -0.2) is 14.2 Å². The van der Waals surface area contributed by atoms with E-state index in [0.29, 0.717) is 129 Å². The maximum absolute atomic E-state index is 14.2. The van der Waals surface area contributed by atoms with Crippen LogP contribution in [0, 0.1) is 0 Å². The van der Waals surface area contributed by atoms with Crippen molar-refractivity contribution in [1.82, 2.24) is 54.7 Å². The topological polar surface area (TPSA) is 331 Å². The van der Waals surface area contributed by atoms with Gasteiger partial charge in [0.2, 0.25) is 29.7 Å². The number of hydrogen-bond acceptors (Lipinski definition) is 19. The smallest absolute Gasteiger partial charge is 0.336 e. The minimum absolute atomic E-state index is 0.0760. The standard InChI is InChI=1S/C50H57N15O10/c1-29(66)23-33-28-65(59-57-33)40(5-3-4-14-51)46(72)61-17-21-63(22-18-61)50-54-48(53-49(55-50)62-19-15-60(16-20-62)45(71)30(2)64-27-32(56-58-64)7-13-43(69)70)52-31-6-10-36(39(24-31)47(73)74)44-37-11-8-34(67)25-41(37)75-42-26-35(68)9-12-38(42)44/h6,8-12,24-30,40,66-67H,3-5,7,13-23,51H2,1-2H3,(H,69,70)(H,73,74)(H,52,53,54,55)/t29?,30-,40-/m0/s1. The summed E-state index contributed by atoms with van der Waals surface area (Å²) >= 11 is 0. The van der Waals surface area contributed by atoms with Gasteiger partial charge >= 0.3 is 11.9 Å². The lowest BCUT2D eigenvalue weighted by molar-refractivity contribution is -0.137. The number of nitrogens with two attached hydrogens (primary N) is 1. The van der Waals surface area contributed by atoms with E-state index < -0.39 is 30.1 Å². The van der Waals surface area contributed by atoms with Crippen molar-refractivity contribution in [2.75, 3.05) is 74.0 Å². The number of phenolic OH excluding ortho intramolecular Hbond substituents is 1. The highest BCUT2D eigenvalue weighted by molar-refractivity contribution is 6.08. The summed E-state index contributed by atoms with van der Waals surface area (Å²) in [4.78, 5) is 86.5. The van der Waals surface area contributed by atoms with Gasteiger partial charge in [0.25, 0.3) is 0 Å². The number of piperazine rings is 2. The van der Waals surface area contributed by atoms with E-state index in [-0.39, 0.29) is 58.7 Å². The summed E-state index contributed by atoms with van der Waals surface area (Å²) in [5.41, 5.74) is 8.32. The second-order valence-corrected chi connectivity index (χ2v) is 18.7. The normalized spacial score (nSPS) is 15.3. The Kier molecular flexibility index (Phi) is 15.2. The van der Waals surface area contributed by atoms with Crippen molar-refractivity contribution in [2.45, 2.75) is 70.6 Å². The van der Waals surface area contributed by atoms with Crippen LogP contribution in [-0.4, -0.2) is 164 Å². The number of aliphatic hydroxyl groups is 1. The first-order valence-electron chi connectivity index (χ1n) is 24.7. The molecule has 3 aliphatic heterocycles. The summed E-state index contributed by atoms with van der Waals surface area (Å²) in [5, 5.41) is 60.4. The number of rotatable bonds is 19. The first-order valence-corrected chi connectivity index (χ1v) is 24.7. The van der Waals surface area contributed by atoms with Gasteiger partial charge in [0.15, 0.2) is 5.43 Å². The molecular weight excluding hydrogens is 971 g/mol. The number of carboxylic acid groups (broad SMARTS) is 2. The molecule has 0 saturated carbocycles. The molecule has 3 atom stereocenters. The number of nitrogens with one attached hydrogen (secondary N) is 1. The van der Waals surface area contributed by atoms with Crippen LogP contribution in [0.15, 0.2) is 76.2 Å². The number of aromatic hydroxyl groups is 1. The van der Waals surface area contributed by atoms with Crippen molar-refractivity contribution in [1.29, 1.82) is 0 Å². The Balaban J connectivity index is 0.988. The van der Waals surface area contributed by atoms with E-state index in [1.54, 1.807) is 65.0 Å². The van der Waals surface area contributed by atoms with Gasteiger partial charge in [-0.2, -0.15) is 15.0 Å². The summed E-state index contributed by atoms with van der Waals surface area (Å²) in [6.07, 6.45) is 4.96. The van der Waals surface area contributed by atoms with Gasteiger partial charge in [0.05, 0.1) is 29.5 Å². The fraction of sp³-hybridized carbons (Fsp3) is 0.400. The number of nitrogens with zero attached hydrogens (tertiary/aromatic N) is 13.